The third-order valence-corrected chi connectivity index (χ3v) is 1.40. The number of carbonyl (C=O) groups is 1. The average molecular weight is 184 g/mol. The summed E-state index contributed by atoms with van der Waals surface area (Å²) in [5, 5.41) is 8.20. The van der Waals surface area contributed by atoms with Crippen LogP contribution in [0.2, 0.25) is 0 Å². The van der Waals surface area contributed by atoms with Crippen molar-refractivity contribution in [3.05, 3.63) is 35.6 Å². The fourth-order valence-electron chi connectivity index (χ4n) is 0.824. The van der Waals surface area contributed by atoms with Crippen LogP contribution in [0.15, 0.2) is 24.3 Å². The van der Waals surface area contributed by atoms with Crippen molar-refractivity contribution in [2.24, 2.45) is 0 Å². The zero-order chi connectivity index (χ0) is 9.68. The second-order valence-electron chi connectivity index (χ2n) is 2.41. The van der Waals surface area contributed by atoms with Crippen LogP contribution in [0, 0.1) is 5.82 Å². The lowest BCUT2D eigenvalue weighted by Crippen LogP contribution is -2.35. The summed E-state index contributed by atoms with van der Waals surface area (Å²) >= 11 is 0. The van der Waals surface area contributed by atoms with E-state index >= 15 is 0 Å². The molecule has 1 rings (SSSR count). The number of hydrogen-bond acceptors (Lipinski definition) is 2. The number of hydrogen-bond donors (Lipinski definition) is 3. The summed E-state index contributed by atoms with van der Waals surface area (Å²) in [6, 6.07) is 5.79. The molecule has 1 amide bonds. The SMILES string of the molecule is O=C(O)NNCc1ccc(F)cc1. The Morgan fingerprint density at radius 3 is 2.54 bits per heavy atom. The highest BCUT2D eigenvalue weighted by atomic mass is 19.1. The third-order valence-electron chi connectivity index (χ3n) is 1.40. The molecule has 0 aliphatic rings. The van der Waals surface area contributed by atoms with E-state index in [0.29, 0.717) is 6.54 Å². The fraction of sp³-hybridized carbons (Fsp3) is 0.125. The first kappa shape index (κ1) is 9.47. The minimum absolute atomic E-state index is 0.310. The normalized spacial score (nSPS) is 9.62. The van der Waals surface area contributed by atoms with E-state index in [1.165, 1.54) is 12.1 Å². The van der Waals surface area contributed by atoms with Crippen LogP contribution in [0.1, 0.15) is 5.56 Å². The number of halogens is 1. The van der Waals surface area contributed by atoms with Gasteiger partial charge in [0.05, 0.1) is 0 Å². The Hall–Kier alpha value is -1.62. The third kappa shape index (κ3) is 3.53. The molecule has 0 unspecified atom stereocenters. The average Bonchev–Trinajstić information content (AvgIpc) is 2.08. The van der Waals surface area contributed by atoms with Gasteiger partial charge in [0.25, 0.3) is 0 Å². The summed E-state index contributed by atoms with van der Waals surface area (Å²) in [5.41, 5.74) is 5.23. The summed E-state index contributed by atoms with van der Waals surface area (Å²) in [6.07, 6.45) is -1.15. The topological polar surface area (TPSA) is 61.4 Å². The molecule has 4 nitrogen and oxygen atoms in total. The highest BCUT2D eigenvalue weighted by Gasteiger charge is 1.94. The molecule has 0 spiro atoms. The maximum Gasteiger partial charge on any atom is 0.419 e. The van der Waals surface area contributed by atoms with Gasteiger partial charge in [-0.15, -0.1) is 0 Å². The highest BCUT2D eigenvalue weighted by Crippen LogP contribution is 2.01. The molecule has 70 valence electrons. The predicted octanol–water partition coefficient (Wildman–Crippen LogP) is 1.10. The minimum Gasteiger partial charge on any atom is -0.464 e. The zero-order valence-corrected chi connectivity index (χ0v) is 6.75. The van der Waals surface area contributed by atoms with Crippen molar-refractivity contribution in [3.8, 4) is 0 Å². The van der Waals surface area contributed by atoms with Gasteiger partial charge in [-0.2, -0.15) is 0 Å². The Morgan fingerprint density at radius 2 is 2.00 bits per heavy atom. The Kier molecular flexibility index (Phi) is 3.22. The summed E-state index contributed by atoms with van der Waals surface area (Å²) in [7, 11) is 0. The number of benzene rings is 1. The Labute approximate surface area is 74.4 Å². The van der Waals surface area contributed by atoms with Crippen LogP contribution in [0.5, 0.6) is 0 Å². The van der Waals surface area contributed by atoms with Crippen molar-refractivity contribution < 1.29 is 14.3 Å². The molecule has 3 N–H and O–H groups in total. The van der Waals surface area contributed by atoms with Gasteiger partial charge in [0.15, 0.2) is 0 Å². The Morgan fingerprint density at radius 1 is 1.38 bits per heavy atom. The van der Waals surface area contributed by atoms with Crippen LogP contribution >= 0.6 is 0 Å². The van der Waals surface area contributed by atoms with Crippen LogP contribution in [0.4, 0.5) is 9.18 Å². The summed E-state index contributed by atoms with van der Waals surface area (Å²) in [4.78, 5) is 10.0. The lowest BCUT2D eigenvalue weighted by Gasteiger charge is -2.03. The molecule has 5 heteroatoms. The first-order valence-corrected chi connectivity index (χ1v) is 3.65. The van der Waals surface area contributed by atoms with Crippen LogP contribution in [-0.2, 0) is 6.54 Å². The Balaban J connectivity index is 2.37. The molecule has 1 aromatic rings. The van der Waals surface area contributed by atoms with Gasteiger partial charge < -0.3 is 5.11 Å². The molecule has 0 atom stereocenters. The molecule has 0 saturated heterocycles. The molecule has 0 aromatic heterocycles. The Bertz CT molecular complexity index is 287. The number of hydrazine groups is 1. The largest absolute Gasteiger partial charge is 0.464 e. The van der Waals surface area contributed by atoms with Crippen molar-refractivity contribution in [1.29, 1.82) is 0 Å². The van der Waals surface area contributed by atoms with Crippen molar-refractivity contribution >= 4 is 6.09 Å². The monoisotopic (exact) mass is 184 g/mol. The van der Waals surface area contributed by atoms with Gasteiger partial charge >= 0.3 is 6.09 Å². The van der Waals surface area contributed by atoms with Crippen molar-refractivity contribution in [2.75, 3.05) is 0 Å². The van der Waals surface area contributed by atoms with E-state index in [0.717, 1.165) is 5.56 Å². The summed E-state index contributed by atoms with van der Waals surface area (Å²) in [6.45, 7) is 0.326. The van der Waals surface area contributed by atoms with E-state index < -0.39 is 6.09 Å². The molecule has 1 aromatic carbocycles. The fourth-order valence-corrected chi connectivity index (χ4v) is 0.824. The highest BCUT2D eigenvalue weighted by molar-refractivity contribution is 5.63. The van der Waals surface area contributed by atoms with Gasteiger partial charge in [0.1, 0.15) is 5.82 Å². The first-order chi connectivity index (χ1) is 6.18. The molecule has 0 fully saturated rings. The smallest absolute Gasteiger partial charge is 0.419 e. The number of rotatable bonds is 3. The number of nitrogens with one attached hydrogen (secondary N) is 2. The molecule has 0 aliphatic heterocycles. The quantitative estimate of drug-likeness (QED) is 0.616. The molecule has 0 radical (unpaired) electrons. The van der Waals surface area contributed by atoms with Gasteiger partial charge in [-0.1, -0.05) is 12.1 Å². The maximum absolute atomic E-state index is 12.4. The van der Waals surface area contributed by atoms with Gasteiger partial charge in [0.2, 0.25) is 0 Å². The van der Waals surface area contributed by atoms with E-state index in [4.69, 9.17) is 5.11 Å². The van der Waals surface area contributed by atoms with E-state index in [1.807, 2.05) is 5.43 Å². The molecule has 0 aliphatic carbocycles. The zero-order valence-electron chi connectivity index (χ0n) is 6.75. The van der Waals surface area contributed by atoms with E-state index in [9.17, 15) is 9.18 Å². The van der Waals surface area contributed by atoms with Crippen LogP contribution in [0.3, 0.4) is 0 Å². The summed E-state index contributed by atoms with van der Waals surface area (Å²) in [5.74, 6) is -0.310. The number of amides is 1. The predicted molar refractivity (Wildman–Crippen MR) is 44.4 cm³/mol. The molecule has 0 heterocycles. The summed E-state index contributed by atoms with van der Waals surface area (Å²) < 4.78 is 12.4. The van der Waals surface area contributed by atoms with E-state index in [2.05, 4.69) is 5.43 Å². The van der Waals surface area contributed by atoms with Crippen molar-refractivity contribution in [2.45, 2.75) is 6.54 Å². The van der Waals surface area contributed by atoms with E-state index in [1.54, 1.807) is 12.1 Å². The van der Waals surface area contributed by atoms with E-state index in [-0.39, 0.29) is 5.82 Å². The lowest BCUT2D eigenvalue weighted by atomic mass is 10.2. The minimum atomic E-state index is -1.15. The maximum atomic E-state index is 12.4. The molecule has 13 heavy (non-hydrogen) atoms. The van der Waals surface area contributed by atoms with Crippen LogP contribution in [0.25, 0.3) is 0 Å². The van der Waals surface area contributed by atoms with Crippen molar-refractivity contribution in [3.63, 3.8) is 0 Å². The van der Waals surface area contributed by atoms with Crippen LogP contribution in [-0.4, -0.2) is 11.2 Å². The molecule has 0 bridgehead atoms. The first-order valence-electron chi connectivity index (χ1n) is 3.65. The number of carboxylic acid groups (broad SMARTS) is 1. The van der Waals surface area contributed by atoms with Gasteiger partial charge in [-0.3, -0.25) is 5.43 Å². The van der Waals surface area contributed by atoms with Crippen molar-refractivity contribution in [1.82, 2.24) is 10.9 Å². The van der Waals surface area contributed by atoms with Gasteiger partial charge in [0, 0.05) is 6.54 Å². The molecular formula is C8H9FN2O2. The molecular weight excluding hydrogens is 175 g/mol. The standard InChI is InChI=1S/C8H9FN2O2/c9-7-3-1-6(2-4-7)5-10-11-8(12)13/h1-4,10-11H,5H2,(H,12,13). The van der Waals surface area contributed by atoms with Crippen LogP contribution < -0.4 is 10.9 Å². The molecule has 0 saturated carbocycles. The second kappa shape index (κ2) is 4.42. The van der Waals surface area contributed by atoms with Gasteiger partial charge in [-0.05, 0) is 17.7 Å². The second-order valence-corrected chi connectivity index (χ2v) is 2.41. The van der Waals surface area contributed by atoms with Gasteiger partial charge in [-0.25, -0.2) is 14.6 Å². The lowest BCUT2D eigenvalue weighted by molar-refractivity contribution is 0.189.